The minimum atomic E-state index is -1.47. The predicted molar refractivity (Wildman–Crippen MR) is 109 cm³/mol. The normalized spacial score (nSPS) is 16.8. The second kappa shape index (κ2) is 8.28. The first-order valence-corrected chi connectivity index (χ1v) is 9.15. The Labute approximate surface area is 172 Å². The zero-order chi connectivity index (χ0) is 22.0. The molecule has 1 aromatic heterocycles. The van der Waals surface area contributed by atoms with Crippen LogP contribution in [0.25, 0.3) is 17.0 Å². The number of nitrogens with zero attached hydrogens (tertiary/aromatic N) is 2. The van der Waals surface area contributed by atoms with Crippen molar-refractivity contribution in [2.45, 2.75) is 13.5 Å². The fourth-order valence-corrected chi connectivity index (χ4v) is 3.23. The molecule has 154 valence electrons. The Morgan fingerprint density at radius 2 is 1.87 bits per heavy atom. The molecule has 1 unspecified atom stereocenters. The third-order valence-corrected chi connectivity index (χ3v) is 5.00. The topological polar surface area (TPSA) is 103 Å². The molecule has 1 atom stereocenters. The molecular formula is C22H20N2O6. The van der Waals surface area contributed by atoms with E-state index in [4.69, 9.17) is 0 Å². The third-order valence-electron chi connectivity index (χ3n) is 5.00. The summed E-state index contributed by atoms with van der Waals surface area (Å²) in [6, 6.07) is 8.55. The molecule has 3 rings (SSSR count). The zero-order valence-electron chi connectivity index (χ0n) is 16.7. The van der Waals surface area contributed by atoms with Crippen molar-refractivity contribution in [2.24, 2.45) is 5.92 Å². The summed E-state index contributed by atoms with van der Waals surface area (Å²) in [5.74, 6) is -3.98. The summed E-state index contributed by atoms with van der Waals surface area (Å²) in [5, 5.41) is 0.677. The number of rotatable bonds is 5. The number of hydrogen-bond acceptors (Lipinski definition) is 6. The van der Waals surface area contributed by atoms with E-state index in [0.29, 0.717) is 16.6 Å². The number of carbonyl (C=O) groups excluding carboxylic acids is 4. The van der Waals surface area contributed by atoms with Gasteiger partial charge >= 0.3 is 5.97 Å². The van der Waals surface area contributed by atoms with Crippen LogP contribution < -0.4 is 5.56 Å². The van der Waals surface area contributed by atoms with E-state index in [1.54, 1.807) is 37.3 Å². The zero-order valence-corrected chi connectivity index (χ0v) is 16.7. The molecule has 0 saturated heterocycles. The Kier molecular flexibility index (Phi) is 5.77. The Balaban J connectivity index is 2.00. The fourth-order valence-electron chi connectivity index (χ4n) is 3.23. The lowest BCUT2D eigenvalue weighted by Crippen LogP contribution is -2.43. The number of allylic oxidation sites excluding steroid dienone is 3. The number of ether oxygens (including phenoxy) is 1. The number of para-hydroxylation sites is 1. The van der Waals surface area contributed by atoms with Gasteiger partial charge in [-0.25, -0.2) is 0 Å². The van der Waals surface area contributed by atoms with Gasteiger partial charge in [0.15, 0.2) is 17.5 Å². The molecule has 2 aromatic rings. The summed E-state index contributed by atoms with van der Waals surface area (Å²) < 4.78 is 5.91. The van der Waals surface area contributed by atoms with E-state index >= 15 is 0 Å². The van der Waals surface area contributed by atoms with Crippen molar-refractivity contribution in [3.63, 3.8) is 0 Å². The average Bonchev–Trinajstić information content (AvgIpc) is 2.72. The van der Waals surface area contributed by atoms with Crippen molar-refractivity contribution < 1.29 is 23.9 Å². The molecule has 0 spiro atoms. The Morgan fingerprint density at radius 1 is 1.17 bits per heavy atom. The van der Waals surface area contributed by atoms with E-state index in [2.05, 4.69) is 4.74 Å². The maximum Gasteiger partial charge on any atom is 0.325 e. The second-order valence-electron chi connectivity index (χ2n) is 6.88. The molecule has 0 aliphatic carbocycles. The van der Waals surface area contributed by atoms with Gasteiger partial charge in [-0.1, -0.05) is 18.2 Å². The molecule has 1 aromatic carbocycles. The molecule has 2 heterocycles. The number of fused-ring (bicyclic) bond motifs is 1. The Bertz CT molecular complexity index is 1190. The highest BCUT2D eigenvalue weighted by molar-refractivity contribution is 6.26. The molecule has 0 saturated carbocycles. The lowest BCUT2D eigenvalue weighted by Gasteiger charge is -2.25. The smallest absolute Gasteiger partial charge is 0.325 e. The van der Waals surface area contributed by atoms with Gasteiger partial charge < -0.3 is 9.64 Å². The fraction of sp³-hybridized carbons (Fsp3) is 0.227. The van der Waals surface area contributed by atoms with Crippen LogP contribution in [-0.2, 0) is 30.5 Å². The largest absolute Gasteiger partial charge is 0.468 e. The van der Waals surface area contributed by atoms with E-state index in [0.717, 1.165) is 6.08 Å². The summed E-state index contributed by atoms with van der Waals surface area (Å²) in [4.78, 5) is 63.0. The van der Waals surface area contributed by atoms with Crippen molar-refractivity contribution in [1.82, 2.24) is 9.47 Å². The van der Waals surface area contributed by atoms with Crippen LogP contribution in [0.3, 0.4) is 0 Å². The standard InChI is InChI=1S/C22H20N2O6/c1-13-10-18(26)20(22(29)23(13)2)17(25)9-8-15-11-14-6-4-5-7-16(14)24(21(15)28)12-19(27)30-3/h4-11,20H,12H2,1-3H3/b9-8+. The van der Waals surface area contributed by atoms with Gasteiger partial charge in [0.05, 0.1) is 12.6 Å². The highest BCUT2D eigenvalue weighted by Gasteiger charge is 2.37. The Hall–Kier alpha value is -3.81. The van der Waals surface area contributed by atoms with Crippen LogP contribution in [0.5, 0.6) is 0 Å². The molecule has 0 bridgehead atoms. The number of carbonyl (C=O) groups is 4. The van der Waals surface area contributed by atoms with Crippen molar-refractivity contribution in [1.29, 1.82) is 0 Å². The van der Waals surface area contributed by atoms with E-state index in [-0.39, 0.29) is 12.1 Å². The number of ketones is 2. The quantitative estimate of drug-likeness (QED) is 0.420. The minimum absolute atomic E-state index is 0.140. The third kappa shape index (κ3) is 3.84. The van der Waals surface area contributed by atoms with Crippen molar-refractivity contribution in [3.05, 3.63) is 64.1 Å². The van der Waals surface area contributed by atoms with Crippen molar-refractivity contribution >= 4 is 40.4 Å². The second-order valence-corrected chi connectivity index (χ2v) is 6.88. The first kappa shape index (κ1) is 20.9. The van der Waals surface area contributed by atoms with E-state index in [1.807, 2.05) is 0 Å². The van der Waals surface area contributed by atoms with Crippen LogP contribution in [0.2, 0.25) is 0 Å². The van der Waals surface area contributed by atoms with Crippen LogP contribution in [0, 0.1) is 5.92 Å². The number of methoxy groups -OCH3 is 1. The number of amides is 1. The highest BCUT2D eigenvalue weighted by Crippen LogP contribution is 2.19. The van der Waals surface area contributed by atoms with Gasteiger partial charge in [0.25, 0.3) is 5.56 Å². The SMILES string of the molecule is COC(=O)Cn1c(=O)c(/C=C/C(=O)C2C(=O)C=C(C)N(C)C2=O)cc2ccccc21. The van der Waals surface area contributed by atoms with Gasteiger partial charge in [0.2, 0.25) is 5.91 Å². The van der Waals surface area contributed by atoms with Crippen molar-refractivity contribution in [3.8, 4) is 0 Å². The molecule has 30 heavy (non-hydrogen) atoms. The lowest BCUT2D eigenvalue weighted by atomic mass is 9.92. The molecule has 1 aliphatic rings. The Morgan fingerprint density at radius 3 is 2.57 bits per heavy atom. The first-order valence-electron chi connectivity index (χ1n) is 9.15. The van der Waals surface area contributed by atoms with Crippen LogP contribution >= 0.6 is 0 Å². The summed E-state index contributed by atoms with van der Waals surface area (Å²) in [6.45, 7) is 1.31. The monoisotopic (exact) mass is 408 g/mol. The number of aromatic nitrogens is 1. The summed E-state index contributed by atoms with van der Waals surface area (Å²) in [5.41, 5.74) is 0.633. The van der Waals surface area contributed by atoms with E-state index in [1.165, 1.54) is 35.8 Å². The molecule has 0 fully saturated rings. The predicted octanol–water partition coefficient (Wildman–Crippen LogP) is 1.32. The highest BCUT2D eigenvalue weighted by atomic mass is 16.5. The van der Waals surface area contributed by atoms with Crippen LogP contribution in [0.15, 0.2) is 53.0 Å². The van der Waals surface area contributed by atoms with Crippen LogP contribution in [0.4, 0.5) is 0 Å². The van der Waals surface area contributed by atoms with Gasteiger partial charge in [-0.15, -0.1) is 0 Å². The number of hydrogen-bond donors (Lipinski definition) is 0. The van der Waals surface area contributed by atoms with Gasteiger partial charge in [0, 0.05) is 24.4 Å². The molecule has 0 N–H and O–H groups in total. The summed E-state index contributed by atoms with van der Waals surface area (Å²) in [7, 11) is 2.71. The minimum Gasteiger partial charge on any atom is -0.468 e. The lowest BCUT2D eigenvalue weighted by molar-refractivity contribution is -0.143. The average molecular weight is 408 g/mol. The van der Waals surface area contributed by atoms with Crippen LogP contribution in [-0.4, -0.2) is 47.1 Å². The van der Waals surface area contributed by atoms with Gasteiger partial charge in [-0.3, -0.25) is 28.5 Å². The first-order chi connectivity index (χ1) is 14.2. The van der Waals surface area contributed by atoms with Gasteiger partial charge in [-0.05, 0) is 36.6 Å². The maximum atomic E-state index is 12.9. The molecule has 8 nitrogen and oxygen atoms in total. The number of esters is 1. The molecule has 0 radical (unpaired) electrons. The number of benzene rings is 1. The molecule has 1 aliphatic heterocycles. The molecule has 8 heteroatoms. The maximum absolute atomic E-state index is 12.9. The van der Waals surface area contributed by atoms with Gasteiger partial charge in [-0.2, -0.15) is 0 Å². The van der Waals surface area contributed by atoms with Crippen molar-refractivity contribution in [2.75, 3.05) is 14.2 Å². The van der Waals surface area contributed by atoms with E-state index in [9.17, 15) is 24.0 Å². The molecule has 1 amide bonds. The van der Waals surface area contributed by atoms with Crippen LogP contribution in [0.1, 0.15) is 12.5 Å². The van der Waals surface area contributed by atoms with Gasteiger partial charge in [0.1, 0.15) is 6.54 Å². The summed E-state index contributed by atoms with van der Waals surface area (Å²) >= 11 is 0. The summed E-state index contributed by atoms with van der Waals surface area (Å²) in [6.07, 6.45) is 3.56. The number of pyridine rings is 1. The molecular weight excluding hydrogens is 388 g/mol. The van der Waals surface area contributed by atoms with E-state index < -0.39 is 34.9 Å².